The second-order valence-electron chi connectivity index (χ2n) is 4.47. The quantitative estimate of drug-likeness (QED) is 0.855. The van der Waals surface area contributed by atoms with E-state index in [0.717, 1.165) is 11.4 Å². The molecule has 0 spiro atoms. The lowest BCUT2D eigenvalue weighted by molar-refractivity contribution is 0.151. The van der Waals surface area contributed by atoms with Crippen molar-refractivity contribution < 1.29 is 9.53 Å². The Balaban J connectivity index is 2.02. The van der Waals surface area contributed by atoms with Crippen molar-refractivity contribution in [1.29, 1.82) is 0 Å². The third-order valence-corrected chi connectivity index (χ3v) is 2.89. The Morgan fingerprint density at radius 1 is 1.15 bits per heavy atom. The minimum atomic E-state index is -0.359. The van der Waals surface area contributed by atoms with Gasteiger partial charge in [0, 0.05) is 12.2 Å². The molecular weight excluding hydrogens is 252 g/mol. The zero-order valence-electron chi connectivity index (χ0n) is 11.7. The van der Waals surface area contributed by atoms with Gasteiger partial charge in [-0.15, -0.1) is 0 Å². The Morgan fingerprint density at radius 2 is 1.90 bits per heavy atom. The van der Waals surface area contributed by atoms with E-state index < -0.39 is 0 Å². The summed E-state index contributed by atoms with van der Waals surface area (Å²) in [4.78, 5) is 18.1. The molecule has 1 heterocycles. The number of carbonyl (C=O) groups excluding carboxylic acids is 1. The molecule has 1 aromatic carbocycles. The molecule has 0 aliphatic carbocycles. The van der Waals surface area contributed by atoms with Gasteiger partial charge in [-0.25, -0.2) is 4.79 Å². The fraction of sp³-hybridized carbons (Fsp3) is 0.250. The highest BCUT2D eigenvalue weighted by Crippen LogP contribution is 2.11. The molecule has 0 fully saturated rings. The number of para-hydroxylation sites is 1. The Bertz CT molecular complexity index is 570. The second kappa shape index (κ2) is 6.70. The summed E-state index contributed by atoms with van der Waals surface area (Å²) >= 11 is 0. The van der Waals surface area contributed by atoms with Crippen LogP contribution in [0.1, 0.15) is 18.3 Å². The first-order valence-corrected chi connectivity index (χ1v) is 6.63. The first kappa shape index (κ1) is 14.1. The normalized spacial score (nSPS) is 10.1. The highest BCUT2D eigenvalue weighted by Gasteiger charge is 2.15. The van der Waals surface area contributed by atoms with Gasteiger partial charge in [0.05, 0.1) is 12.2 Å². The van der Waals surface area contributed by atoms with Crippen LogP contribution in [0.15, 0.2) is 48.5 Å². The Hall–Kier alpha value is -2.36. The molecule has 0 atom stereocenters. The van der Waals surface area contributed by atoms with Crippen LogP contribution in [0, 0.1) is 6.92 Å². The van der Waals surface area contributed by atoms with Crippen molar-refractivity contribution in [2.75, 3.05) is 6.54 Å². The van der Waals surface area contributed by atoms with E-state index in [4.69, 9.17) is 4.74 Å². The van der Waals surface area contributed by atoms with Crippen LogP contribution < -0.4 is 4.74 Å². The van der Waals surface area contributed by atoms with Gasteiger partial charge in [0.2, 0.25) is 0 Å². The monoisotopic (exact) mass is 270 g/mol. The van der Waals surface area contributed by atoms with E-state index in [1.807, 2.05) is 50.2 Å². The summed E-state index contributed by atoms with van der Waals surface area (Å²) in [7, 11) is 0. The number of hydrogen-bond acceptors (Lipinski definition) is 3. The molecule has 0 unspecified atom stereocenters. The zero-order chi connectivity index (χ0) is 14.4. The van der Waals surface area contributed by atoms with E-state index in [1.165, 1.54) is 0 Å². The number of hydrogen-bond donors (Lipinski definition) is 0. The first-order chi connectivity index (χ1) is 9.69. The van der Waals surface area contributed by atoms with Gasteiger partial charge in [-0.3, -0.25) is 4.98 Å². The van der Waals surface area contributed by atoms with Crippen LogP contribution in [0.25, 0.3) is 0 Å². The average Bonchev–Trinajstić information content (AvgIpc) is 2.46. The molecule has 20 heavy (non-hydrogen) atoms. The number of aromatic nitrogens is 1. The second-order valence-corrected chi connectivity index (χ2v) is 4.47. The summed E-state index contributed by atoms with van der Waals surface area (Å²) in [6.07, 6.45) is -0.359. The Morgan fingerprint density at radius 3 is 2.55 bits per heavy atom. The smallest absolute Gasteiger partial charge is 0.410 e. The fourth-order valence-electron chi connectivity index (χ4n) is 1.84. The molecule has 0 aliphatic heterocycles. The number of carbonyl (C=O) groups is 1. The van der Waals surface area contributed by atoms with Crippen LogP contribution in [0.2, 0.25) is 0 Å². The number of ether oxygens (including phenoxy) is 1. The molecule has 4 nitrogen and oxygen atoms in total. The van der Waals surface area contributed by atoms with Gasteiger partial charge in [-0.1, -0.05) is 24.3 Å². The van der Waals surface area contributed by atoms with Crippen molar-refractivity contribution in [3.8, 4) is 5.75 Å². The molecule has 0 saturated carbocycles. The van der Waals surface area contributed by atoms with E-state index in [-0.39, 0.29) is 6.09 Å². The topological polar surface area (TPSA) is 42.4 Å². The number of nitrogens with zero attached hydrogens (tertiary/aromatic N) is 2. The lowest BCUT2D eigenvalue weighted by Gasteiger charge is -2.19. The number of rotatable bonds is 4. The highest BCUT2D eigenvalue weighted by atomic mass is 16.6. The predicted octanol–water partition coefficient (Wildman–Crippen LogP) is 3.41. The van der Waals surface area contributed by atoms with E-state index in [0.29, 0.717) is 18.8 Å². The molecule has 0 bridgehead atoms. The largest absolute Gasteiger partial charge is 0.415 e. The zero-order valence-corrected chi connectivity index (χ0v) is 11.7. The number of pyridine rings is 1. The first-order valence-electron chi connectivity index (χ1n) is 6.63. The van der Waals surface area contributed by atoms with E-state index >= 15 is 0 Å². The Kier molecular flexibility index (Phi) is 4.71. The van der Waals surface area contributed by atoms with Crippen molar-refractivity contribution in [2.45, 2.75) is 20.4 Å². The molecule has 0 saturated heterocycles. The lowest BCUT2D eigenvalue weighted by atomic mass is 10.3. The van der Waals surface area contributed by atoms with Gasteiger partial charge in [-0.05, 0) is 38.1 Å². The van der Waals surface area contributed by atoms with E-state index in [2.05, 4.69) is 4.98 Å². The maximum Gasteiger partial charge on any atom is 0.415 e. The molecule has 2 aromatic rings. The SMILES string of the molecule is CCN(Cc1cccc(C)n1)C(=O)Oc1ccccc1. The van der Waals surface area contributed by atoms with Gasteiger partial charge in [0.25, 0.3) is 0 Å². The van der Waals surface area contributed by atoms with Gasteiger partial charge in [0.15, 0.2) is 0 Å². The van der Waals surface area contributed by atoms with Crippen LogP contribution in [0.5, 0.6) is 5.75 Å². The molecular formula is C16H18N2O2. The fourth-order valence-corrected chi connectivity index (χ4v) is 1.84. The standard InChI is InChI=1S/C16H18N2O2/c1-3-18(12-14-9-7-8-13(2)17-14)16(19)20-15-10-5-4-6-11-15/h4-11H,3,12H2,1-2H3. The van der Waals surface area contributed by atoms with Crippen LogP contribution in [-0.2, 0) is 6.54 Å². The van der Waals surface area contributed by atoms with Crippen molar-refractivity contribution in [2.24, 2.45) is 0 Å². The maximum atomic E-state index is 12.1. The van der Waals surface area contributed by atoms with Crippen molar-refractivity contribution in [3.63, 3.8) is 0 Å². The molecule has 0 radical (unpaired) electrons. The molecule has 2 rings (SSSR count). The van der Waals surface area contributed by atoms with Crippen LogP contribution in [0.3, 0.4) is 0 Å². The Labute approximate surface area is 119 Å². The van der Waals surface area contributed by atoms with E-state index in [1.54, 1.807) is 17.0 Å². The van der Waals surface area contributed by atoms with Crippen LogP contribution in [0.4, 0.5) is 4.79 Å². The average molecular weight is 270 g/mol. The third-order valence-electron chi connectivity index (χ3n) is 2.89. The van der Waals surface area contributed by atoms with Crippen molar-refractivity contribution >= 4 is 6.09 Å². The lowest BCUT2D eigenvalue weighted by Crippen LogP contribution is -2.33. The van der Waals surface area contributed by atoms with Crippen LogP contribution >= 0.6 is 0 Å². The van der Waals surface area contributed by atoms with Gasteiger partial charge in [-0.2, -0.15) is 0 Å². The number of aryl methyl sites for hydroxylation is 1. The molecule has 0 aliphatic rings. The molecule has 0 N–H and O–H groups in total. The van der Waals surface area contributed by atoms with Gasteiger partial charge in [0.1, 0.15) is 5.75 Å². The molecule has 104 valence electrons. The molecule has 1 aromatic heterocycles. The summed E-state index contributed by atoms with van der Waals surface area (Å²) in [5.74, 6) is 0.549. The summed E-state index contributed by atoms with van der Waals surface area (Å²) in [5.41, 5.74) is 1.80. The van der Waals surface area contributed by atoms with Crippen LogP contribution in [-0.4, -0.2) is 22.5 Å². The van der Waals surface area contributed by atoms with Gasteiger partial charge < -0.3 is 9.64 Å². The van der Waals surface area contributed by atoms with Crippen molar-refractivity contribution in [1.82, 2.24) is 9.88 Å². The minimum absolute atomic E-state index is 0.359. The minimum Gasteiger partial charge on any atom is -0.410 e. The predicted molar refractivity (Wildman–Crippen MR) is 77.5 cm³/mol. The third kappa shape index (κ3) is 3.82. The van der Waals surface area contributed by atoms with Gasteiger partial charge >= 0.3 is 6.09 Å². The summed E-state index contributed by atoms with van der Waals surface area (Å²) in [6.45, 7) is 4.87. The maximum absolute atomic E-state index is 12.1. The summed E-state index contributed by atoms with van der Waals surface area (Å²) < 4.78 is 5.33. The van der Waals surface area contributed by atoms with E-state index in [9.17, 15) is 4.79 Å². The number of amides is 1. The highest BCUT2D eigenvalue weighted by molar-refractivity contribution is 5.70. The molecule has 4 heteroatoms. The summed E-state index contributed by atoms with van der Waals surface area (Å²) in [5, 5.41) is 0. The number of benzene rings is 1. The van der Waals surface area contributed by atoms with Crippen molar-refractivity contribution in [3.05, 3.63) is 59.9 Å². The molecule has 1 amide bonds. The summed E-state index contributed by atoms with van der Waals surface area (Å²) in [6, 6.07) is 14.8.